The van der Waals surface area contributed by atoms with Crippen LogP contribution in [0.4, 0.5) is 8.78 Å². The van der Waals surface area contributed by atoms with Gasteiger partial charge in [-0.25, -0.2) is 8.78 Å². The number of rotatable bonds is 4. The molecule has 1 fully saturated rings. The predicted octanol–water partition coefficient (Wildman–Crippen LogP) is 2.29. The van der Waals surface area contributed by atoms with Gasteiger partial charge in [-0.2, -0.15) is 0 Å². The summed E-state index contributed by atoms with van der Waals surface area (Å²) in [5.41, 5.74) is 0.357. The van der Waals surface area contributed by atoms with E-state index in [4.69, 9.17) is 5.11 Å². The number of benzene rings is 1. The Morgan fingerprint density at radius 2 is 2.11 bits per heavy atom. The molecule has 5 heteroatoms. The topological polar surface area (TPSA) is 40.5 Å². The van der Waals surface area contributed by atoms with Gasteiger partial charge in [0, 0.05) is 17.7 Å². The Morgan fingerprint density at radius 1 is 1.44 bits per heavy atom. The molecule has 1 N–H and O–H groups in total. The summed E-state index contributed by atoms with van der Waals surface area (Å²) in [5.74, 6) is -2.64. The summed E-state index contributed by atoms with van der Waals surface area (Å²) in [4.78, 5) is 12.7. The lowest BCUT2D eigenvalue weighted by atomic mass is 9.99. The van der Waals surface area contributed by atoms with Crippen LogP contribution < -0.4 is 0 Å². The molecule has 1 aromatic carbocycles. The van der Waals surface area contributed by atoms with E-state index in [2.05, 4.69) is 0 Å². The Hall–Kier alpha value is -1.49. The molecule has 1 saturated carbocycles. The lowest BCUT2D eigenvalue weighted by molar-refractivity contribution is -0.139. The van der Waals surface area contributed by atoms with Crippen LogP contribution in [0, 0.1) is 23.5 Å². The molecule has 3 nitrogen and oxygen atoms in total. The first kappa shape index (κ1) is 13.0. The molecular formula is C13H15F2NO2. The summed E-state index contributed by atoms with van der Waals surface area (Å²) in [6, 6.07) is 3.11. The Labute approximate surface area is 104 Å². The molecule has 3 atom stereocenters. The van der Waals surface area contributed by atoms with Crippen LogP contribution >= 0.6 is 0 Å². The molecule has 0 aliphatic heterocycles. The van der Waals surface area contributed by atoms with Crippen molar-refractivity contribution in [2.24, 2.45) is 11.8 Å². The minimum absolute atomic E-state index is 0.113. The highest BCUT2D eigenvalue weighted by Gasteiger charge is 2.49. The predicted molar refractivity (Wildman–Crippen MR) is 62.0 cm³/mol. The van der Waals surface area contributed by atoms with Crippen LogP contribution in [0.3, 0.4) is 0 Å². The lowest BCUT2D eigenvalue weighted by Crippen LogP contribution is -2.24. The molecule has 0 radical (unpaired) electrons. The third-order valence-electron chi connectivity index (χ3n) is 3.40. The average molecular weight is 255 g/mol. The number of carboxylic acids is 1. The van der Waals surface area contributed by atoms with Crippen molar-refractivity contribution in [1.29, 1.82) is 0 Å². The van der Waals surface area contributed by atoms with Crippen molar-refractivity contribution in [2.75, 3.05) is 14.1 Å². The van der Waals surface area contributed by atoms with Crippen molar-refractivity contribution in [3.63, 3.8) is 0 Å². The third-order valence-corrected chi connectivity index (χ3v) is 3.40. The molecule has 1 aliphatic carbocycles. The number of halogens is 2. The summed E-state index contributed by atoms with van der Waals surface area (Å²) in [6.07, 6.45) is 0.537. The zero-order chi connectivity index (χ0) is 13.4. The fourth-order valence-corrected chi connectivity index (χ4v) is 2.48. The number of carbonyl (C=O) groups is 1. The molecule has 0 saturated heterocycles. The molecule has 0 heterocycles. The second-order valence-electron chi connectivity index (χ2n) is 4.92. The first-order chi connectivity index (χ1) is 8.41. The second kappa shape index (κ2) is 4.65. The van der Waals surface area contributed by atoms with Gasteiger partial charge in [-0.3, -0.25) is 4.79 Å². The standard InChI is InChI=1S/C13H15F2NO2/c1-16(2)12(9-6-10(9)13(17)18)8-4-3-7(14)5-11(8)15/h3-5,9-10,12H,6H2,1-2H3,(H,17,18). The van der Waals surface area contributed by atoms with E-state index in [1.54, 1.807) is 19.0 Å². The molecule has 0 amide bonds. The van der Waals surface area contributed by atoms with Crippen molar-refractivity contribution in [3.05, 3.63) is 35.4 Å². The molecule has 3 unspecified atom stereocenters. The van der Waals surface area contributed by atoms with Crippen LogP contribution in [0.1, 0.15) is 18.0 Å². The monoisotopic (exact) mass is 255 g/mol. The minimum Gasteiger partial charge on any atom is -0.481 e. The maximum absolute atomic E-state index is 13.8. The highest BCUT2D eigenvalue weighted by atomic mass is 19.1. The summed E-state index contributed by atoms with van der Waals surface area (Å²) < 4.78 is 26.6. The van der Waals surface area contributed by atoms with Gasteiger partial charge in [0.05, 0.1) is 5.92 Å². The lowest BCUT2D eigenvalue weighted by Gasteiger charge is -2.25. The first-order valence-electron chi connectivity index (χ1n) is 5.76. The molecule has 0 bridgehead atoms. The fourth-order valence-electron chi connectivity index (χ4n) is 2.48. The van der Waals surface area contributed by atoms with E-state index in [1.165, 1.54) is 12.1 Å². The van der Waals surface area contributed by atoms with Crippen molar-refractivity contribution >= 4 is 5.97 Å². The van der Waals surface area contributed by atoms with Crippen LogP contribution in [0.5, 0.6) is 0 Å². The normalized spacial score (nSPS) is 24.1. The second-order valence-corrected chi connectivity index (χ2v) is 4.92. The zero-order valence-corrected chi connectivity index (χ0v) is 10.2. The summed E-state index contributed by atoms with van der Waals surface area (Å²) in [6.45, 7) is 0. The van der Waals surface area contributed by atoms with Gasteiger partial charge in [-0.05, 0) is 32.5 Å². The van der Waals surface area contributed by atoms with Crippen LogP contribution in [-0.2, 0) is 4.79 Å². The fraction of sp³-hybridized carbons (Fsp3) is 0.462. The minimum atomic E-state index is -0.852. The smallest absolute Gasteiger partial charge is 0.306 e. The molecule has 98 valence electrons. The highest BCUT2D eigenvalue weighted by Crippen LogP contribution is 2.49. The number of hydrogen-bond acceptors (Lipinski definition) is 2. The zero-order valence-electron chi connectivity index (χ0n) is 10.2. The number of aliphatic carboxylic acids is 1. The molecule has 0 aromatic heterocycles. The van der Waals surface area contributed by atoms with E-state index in [0.717, 1.165) is 6.07 Å². The van der Waals surface area contributed by atoms with Gasteiger partial charge < -0.3 is 10.0 Å². The van der Waals surface area contributed by atoms with Crippen LogP contribution in [0.2, 0.25) is 0 Å². The van der Waals surface area contributed by atoms with Crippen molar-refractivity contribution in [1.82, 2.24) is 4.90 Å². The van der Waals surface area contributed by atoms with Gasteiger partial charge in [0.2, 0.25) is 0 Å². The molecule has 1 aromatic rings. The van der Waals surface area contributed by atoms with E-state index >= 15 is 0 Å². The number of nitrogens with zero attached hydrogens (tertiary/aromatic N) is 1. The van der Waals surface area contributed by atoms with E-state index in [9.17, 15) is 13.6 Å². The molecule has 1 aliphatic rings. The van der Waals surface area contributed by atoms with Crippen molar-refractivity contribution in [2.45, 2.75) is 12.5 Å². The van der Waals surface area contributed by atoms with E-state index in [0.29, 0.717) is 12.0 Å². The summed E-state index contributed by atoms with van der Waals surface area (Å²) in [5, 5.41) is 8.94. The SMILES string of the molecule is CN(C)C(c1ccc(F)cc1F)C1CC1C(=O)O. The van der Waals surface area contributed by atoms with Crippen molar-refractivity contribution < 1.29 is 18.7 Å². The number of carboxylic acid groups (broad SMARTS) is 1. The Bertz CT molecular complexity index is 476. The van der Waals surface area contributed by atoms with E-state index in [-0.39, 0.29) is 12.0 Å². The number of hydrogen-bond donors (Lipinski definition) is 1. The Morgan fingerprint density at radius 3 is 2.56 bits per heavy atom. The van der Waals surface area contributed by atoms with Gasteiger partial charge >= 0.3 is 5.97 Å². The average Bonchev–Trinajstić information content (AvgIpc) is 3.01. The highest BCUT2D eigenvalue weighted by molar-refractivity contribution is 5.73. The molecule has 18 heavy (non-hydrogen) atoms. The van der Waals surface area contributed by atoms with E-state index < -0.39 is 23.5 Å². The van der Waals surface area contributed by atoms with E-state index in [1.807, 2.05) is 0 Å². The van der Waals surface area contributed by atoms with Gasteiger partial charge in [0.1, 0.15) is 11.6 Å². The van der Waals surface area contributed by atoms with Crippen LogP contribution in [0.15, 0.2) is 18.2 Å². The first-order valence-corrected chi connectivity index (χ1v) is 5.76. The van der Waals surface area contributed by atoms with Crippen LogP contribution in [0.25, 0.3) is 0 Å². The molecular weight excluding hydrogens is 240 g/mol. The van der Waals surface area contributed by atoms with Gasteiger partial charge in [-0.1, -0.05) is 6.07 Å². The maximum Gasteiger partial charge on any atom is 0.306 e. The quantitative estimate of drug-likeness (QED) is 0.897. The largest absolute Gasteiger partial charge is 0.481 e. The molecule has 2 rings (SSSR count). The van der Waals surface area contributed by atoms with Crippen molar-refractivity contribution in [3.8, 4) is 0 Å². The third kappa shape index (κ3) is 2.36. The summed E-state index contributed by atoms with van der Waals surface area (Å²) in [7, 11) is 3.54. The van der Waals surface area contributed by atoms with Crippen LogP contribution in [-0.4, -0.2) is 30.1 Å². The van der Waals surface area contributed by atoms with Gasteiger partial charge in [0.15, 0.2) is 0 Å². The summed E-state index contributed by atoms with van der Waals surface area (Å²) >= 11 is 0. The maximum atomic E-state index is 13.8. The molecule has 0 spiro atoms. The Kier molecular flexibility index (Phi) is 3.34. The Balaban J connectivity index is 2.29. The van der Waals surface area contributed by atoms with Gasteiger partial charge in [-0.15, -0.1) is 0 Å². The van der Waals surface area contributed by atoms with Gasteiger partial charge in [0.25, 0.3) is 0 Å².